The van der Waals surface area contributed by atoms with Crippen molar-refractivity contribution in [2.45, 2.75) is 19.1 Å². The van der Waals surface area contributed by atoms with E-state index in [-0.39, 0.29) is 11.8 Å². The first-order valence-electron chi connectivity index (χ1n) is 7.24. The SMILES string of the molecule is O=C(c1ccccc1)N1CCC(Cn2cnc(C(F)(F)F)n2)C1. The Morgan fingerprint density at radius 3 is 2.65 bits per heavy atom. The van der Waals surface area contributed by atoms with Crippen LogP contribution >= 0.6 is 0 Å². The number of nitrogens with zero attached hydrogens (tertiary/aromatic N) is 4. The topological polar surface area (TPSA) is 51.0 Å². The fourth-order valence-electron chi connectivity index (χ4n) is 2.71. The Labute approximate surface area is 130 Å². The lowest BCUT2D eigenvalue weighted by molar-refractivity contribution is -0.145. The van der Waals surface area contributed by atoms with Gasteiger partial charge in [-0.1, -0.05) is 18.2 Å². The van der Waals surface area contributed by atoms with Crippen LogP contribution in [0.1, 0.15) is 22.6 Å². The number of carbonyl (C=O) groups excluding carboxylic acids is 1. The van der Waals surface area contributed by atoms with E-state index in [0.717, 1.165) is 12.7 Å². The normalized spacial score (nSPS) is 18.4. The van der Waals surface area contributed by atoms with Crippen molar-refractivity contribution in [2.75, 3.05) is 13.1 Å². The first kappa shape index (κ1) is 15.5. The molecular weight excluding hydrogens is 309 g/mol. The molecule has 1 aromatic heterocycles. The molecule has 0 aliphatic carbocycles. The van der Waals surface area contributed by atoms with Crippen LogP contribution in [0.4, 0.5) is 13.2 Å². The second kappa shape index (κ2) is 6.02. The van der Waals surface area contributed by atoms with Gasteiger partial charge < -0.3 is 4.90 Å². The van der Waals surface area contributed by atoms with Crippen molar-refractivity contribution in [3.8, 4) is 0 Å². The number of halogens is 3. The molecule has 1 aliphatic rings. The molecule has 0 radical (unpaired) electrons. The molecule has 0 saturated carbocycles. The molecule has 0 bridgehead atoms. The highest BCUT2D eigenvalue weighted by atomic mass is 19.4. The van der Waals surface area contributed by atoms with Crippen molar-refractivity contribution in [1.82, 2.24) is 19.7 Å². The molecule has 1 fully saturated rings. The van der Waals surface area contributed by atoms with Gasteiger partial charge in [0, 0.05) is 25.2 Å². The van der Waals surface area contributed by atoms with E-state index >= 15 is 0 Å². The number of alkyl halides is 3. The zero-order chi connectivity index (χ0) is 16.4. The van der Waals surface area contributed by atoms with E-state index in [4.69, 9.17) is 0 Å². The monoisotopic (exact) mass is 324 g/mol. The van der Waals surface area contributed by atoms with Gasteiger partial charge in [-0.3, -0.25) is 9.48 Å². The van der Waals surface area contributed by atoms with Crippen LogP contribution in [0.2, 0.25) is 0 Å². The number of likely N-dealkylation sites (tertiary alicyclic amines) is 1. The predicted octanol–water partition coefficient (Wildman–Crippen LogP) is 2.46. The van der Waals surface area contributed by atoms with E-state index in [9.17, 15) is 18.0 Å². The molecule has 0 spiro atoms. The minimum atomic E-state index is -4.53. The van der Waals surface area contributed by atoms with Crippen LogP contribution in [0.25, 0.3) is 0 Å². The van der Waals surface area contributed by atoms with Gasteiger partial charge in [-0.2, -0.15) is 13.2 Å². The van der Waals surface area contributed by atoms with Gasteiger partial charge in [0.1, 0.15) is 6.33 Å². The van der Waals surface area contributed by atoms with Gasteiger partial charge in [-0.15, -0.1) is 5.10 Å². The number of aromatic nitrogens is 3. The third-order valence-electron chi connectivity index (χ3n) is 3.83. The van der Waals surface area contributed by atoms with Crippen LogP contribution in [0, 0.1) is 5.92 Å². The Morgan fingerprint density at radius 2 is 2.00 bits per heavy atom. The molecule has 122 valence electrons. The summed E-state index contributed by atoms with van der Waals surface area (Å²) in [7, 11) is 0. The van der Waals surface area contributed by atoms with Crippen molar-refractivity contribution in [3.05, 3.63) is 48.0 Å². The van der Waals surface area contributed by atoms with Gasteiger partial charge in [0.15, 0.2) is 0 Å². The lowest BCUT2D eigenvalue weighted by Gasteiger charge is -2.16. The molecule has 8 heteroatoms. The van der Waals surface area contributed by atoms with Gasteiger partial charge in [0.05, 0.1) is 0 Å². The zero-order valence-electron chi connectivity index (χ0n) is 12.2. The third-order valence-corrected chi connectivity index (χ3v) is 3.83. The average Bonchev–Trinajstić information content (AvgIpc) is 3.17. The van der Waals surface area contributed by atoms with Crippen molar-refractivity contribution in [1.29, 1.82) is 0 Å². The number of hydrogen-bond acceptors (Lipinski definition) is 3. The molecule has 3 rings (SSSR count). The Kier molecular flexibility index (Phi) is 4.06. The minimum Gasteiger partial charge on any atom is -0.338 e. The average molecular weight is 324 g/mol. The maximum absolute atomic E-state index is 12.5. The lowest BCUT2D eigenvalue weighted by atomic mass is 10.1. The van der Waals surface area contributed by atoms with Crippen molar-refractivity contribution in [3.63, 3.8) is 0 Å². The summed E-state index contributed by atoms with van der Waals surface area (Å²) < 4.78 is 38.6. The van der Waals surface area contributed by atoms with Gasteiger partial charge in [0.2, 0.25) is 0 Å². The molecule has 1 aliphatic heterocycles. The summed E-state index contributed by atoms with van der Waals surface area (Å²) in [5, 5.41) is 3.45. The molecule has 2 heterocycles. The lowest BCUT2D eigenvalue weighted by Crippen LogP contribution is -2.29. The summed E-state index contributed by atoms with van der Waals surface area (Å²) in [4.78, 5) is 17.3. The smallest absolute Gasteiger partial charge is 0.338 e. The molecule has 23 heavy (non-hydrogen) atoms. The number of benzene rings is 1. The number of carbonyl (C=O) groups is 1. The van der Waals surface area contributed by atoms with E-state index < -0.39 is 12.0 Å². The molecule has 1 aromatic carbocycles. The highest BCUT2D eigenvalue weighted by Gasteiger charge is 2.36. The largest absolute Gasteiger partial charge is 0.453 e. The van der Waals surface area contributed by atoms with Gasteiger partial charge in [0.25, 0.3) is 11.7 Å². The fraction of sp³-hybridized carbons (Fsp3) is 0.400. The molecule has 5 nitrogen and oxygen atoms in total. The molecule has 2 aromatic rings. The van der Waals surface area contributed by atoms with Crippen LogP contribution in [0.5, 0.6) is 0 Å². The maximum atomic E-state index is 12.5. The Bertz CT molecular complexity index is 684. The molecule has 0 N–H and O–H groups in total. The highest BCUT2D eigenvalue weighted by molar-refractivity contribution is 5.94. The summed E-state index contributed by atoms with van der Waals surface area (Å²) in [5.74, 6) is -1.11. The summed E-state index contributed by atoms with van der Waals surface area (Å²) in [6, 6.07) is 8.95. The number of hydrogen-bond donors (Lipinski definition) is 0. The first-order chi connectivity index (χ1) is 10.9. The van der Waals surface area contributed by atoms with Crippen molar-refractivity contribution in [2.24, 2.45) is 5.92 Å². The van der Waals surface area contributed by atoms with Crippen LogP contribution < -0.4 is 0 Å². The van der Waals surface area contributed by atoms with Crippen molar-refractivity contribution >= 4 is 5.91 Å². The second-order valence-electron chi connectivity index (χ2n) is 5.56. The van der Waals surface area contributed by atoms with E-state index in [1.165, 1.54) is 4.68 Å². The highest BCUT2D eigenvalue weighted by Crippen LogP contribution is 2.26. The Morgan fingerprint density at radius 1 is 1.26 bits per heavy atom. The minimum absolute atomic E-state index is 0.0531. The molecule has 1 amide bonds. The fourth-order valence-corrected chi connectivity index (χ4v) is 2.71. The maximum Gasteiger partial charge on any atom is 0.453 e. The third kappa shape index (κ3) is 3.52. The summed E-state index contributed by atoms with van der Waals surface area (Å²) >= 11 is 0. The Hall–Kier alpha value is -2.38. The van der Waals surface area contributed by atoms with Crippen LogP contribution in [-0.4, -0.2) is 38.7 Å². The van der Waals surface area contributed by atoms with Gasteiger partial charge in [-0.25, -0.2) is 4.98 Å². The van der Waals surface area contributed by atoms with E-state index in [0.29, 0.717) is 25.2 Å². The number of rotatable bonds is 3. The molecule has 1 unspecified atom stereocenters. The number of amides is 1. The van der Waals surface area contributed by atoms with E-state index in [2.05, 4.69) is 10.1 Å². The summed E-state index contributed by atoms with van der Waals surface area (Å²) in [6.45, 7) is 1.43. The molecule has 1 atom stereocenters. The summed E-state index contributed by atoms with van der Waals surface area (Å²) in [6.07, 6.45) is -2.71. The van der Waals surface area contributed by atoms with Gasteiger partial charge in [-0.05, 0) is 24.5 Å². The summed E-state index contributed by atoms with van der Waals surface area (Å²) in [5.41, 5.74) is 0.619. The van der Waals surface area contributed by atoms with E-state index in [1.807, 2.05) is 6.07 Å². The van der Waals surface area contributed by atoms with E-state index in [1.54, 1.807) is 29.2 Å². The van der Waals surface area contributed by atoms with Crippen LogP contribution in [0.15, 0.2) is 36.7 Å². The Balaban J connectivity index is 1.60. The molecular formula is C15H15F3N4O. The quantitative estimate of drug-likeness (QED) is 0.871. The zero-order valence-corrected chi connectivity index (χ0v) is 12.2. The standard InChI is InChI=1S/C15H15F3N4O/c16-15(17,18)14-19-10-22(20-14)9-11-6-7-21(8-11)13(23)12-4-2-1-3-5-12/h1-5,10-11H,6-9H2. The van der Waals surface area contributed by atoms with Crippen molar-refractivity contribution < 1.29 is 18.0 Å². The van der Waals surface area contributed by atoms with Crippen LogP contribution in [-0.2, 0) is 12.7 Å². The predicted molar refractivity (Wildman–Crippen MR) is 75.5 cm³/mol. The second-order valence-corrected chi connectivity index (χ2v) is 5.56. The van der Waals surface area contributed by atoms with Gasteiger partial charge >= 0.3 is 6.18 Å². The van der Waals surface area contributed by atoms with Crippen LogP contribution in [0.3, 0.4) is 0 Å². The molecule has 1 saturated heterocycles. The first-order valence-corrected chi connectivity index (χ1v) is 7.24.